The molecule has 0 saturated carbocycles. The number of hydrogen-bond acceptors (Lipinski definition) is 6. The molecule has 0 aromatic heterocycles. The molecule has 4 rings (SSSR count). The fraction of sp³-hybridized carbons (Fsp3) is 0.182. The van der Waals surface area contributed by atoms with Crippen molar-refractivity contribution < 1.29 is 14.8 Å². The fourth-order valence-electron chi connectivity index (χ4n) is 3.68. The molecule has 0 bridgehead atoms. The van der Waals surface area contributed by atoms with Crippen LogP contribution < -0.4 is 4.74 Å². The van der Waals surface area contributed by atoms with Crippen LogP contribution in [0.2, 0.25) is 5.02 Å². The van der Waals surface area contributed by atoms with Gasteiger partial charge < -0.3 is 9.84 Å². The summed E-state index contributed by atoms with van der Waals surface area (Å²) in [7, 11) is 1.52. The molecule has 0 radical (unpaired) electrons. The molecule has 154 valence electrons. The molecular formula is C22H19ClN2O4S. The maximum atomic E-state index is 11.5. The summed E-state index contributed by atoms with van der Waals surface area (Å²) in [6.45, 7) is 0.656. The van der Waals surface area contributed by atoms with Crippen LogP contribution in [0.5, 0.6) is 11.5 Å². The standard InChI is InChI=1S/C22H19ClN2O4S/c1-29-20-13-17-15(12-19(20)26)10-11-24(22(17)14-6-8-16(23)9-7-14)30-21-5-3-2-4-18(21)25(27)28/h2-9,12-13,22,26H,10-11H2,1H3. The Balaban J connectivity index is 1.80. The van der Waals surface area contributed by atoms with Gasteiger partial charge in [-0.1, -0.05) is 35.9 Å². The maximum Gasteiger partial charge on any atom is 0.284 e. The minimum atomic E-state index is -0.363. The first-order chi connectivity index (χ1) is 14.5. The number of nitro groups is 1. The zero-order valence-electron chi connectivity index (χ0n) is 16.1. The summed E-state index contributed by atoms with van der Waals surface area (Å²) >= 11 is 7.46. The van der Waals surface area contributed by atoms with Crippen LogP contribution in [0.25, 0.3) is 0 Å². The summed E-state index contributed by atoms with van der Waals surface area (Å²) in [5.41, 5.74) is 3.09. The number of benzene rings is 3. The number of nitrogens with zero attached hydrogens (tertiary/aromatic N) is 2. The Bertz CT molecular complexity index is 1090. The topological polar surface area (TPSA) is 75.8 Å². The fourth-order valence-corrected chi connectivity index (χ4v) is 4.95. The Morgan fingerprint density at radius 3 is 2.63 bits per heavy atom. The molecule has 8 heteroatoms. The van der Waals surface area contributed by atoms with Crippen molar-refractivity contribution in [2.24, 2.45) is 0 Å². The second-order valence-electron chi connectivity index (χ2n) is 6.88. The maximum absolute atomic E-state index is 11.5. The SMILES string of the molecule is COc1cc2c(cc1O)CCN(Sc1ccccc1[N+](=O)[O-])C2c1ccc(Cl)cc1. The second-order valence-corrected chi connectivity index (χ2v) is 8.41. The molecule has 0 aliphatic carbocycles. The van der Waals surface area contributed by atoms with E-state index >= 15 is 0 Å². The van der Waals surface area contributed by atoms with Crippen LogP contribution in [0.3, 0.4) is 0 Å². The molecule has 1 aliphatic rings. The van der Waals surface area contributed by atoms with Crippen molar-refractivity contribution in [1.82, 2.24) is 4.31 Å². The van der Waals surface area contributed by atoms with Crippen molar-refractivity contribution in [3.05, 3.63) is 92.5 Å². The van der Waals surface area contributed by atoms with Gasteiger partial charge >= 0.3 is 0 Å². The van der Waals surface area contributed by atoms with Gasteiger partial charge in [0.15, 0.2) is 11.5 Å². The predicted molar refractivity (Wildman–Crippen MR) is 117 cm³/mol. The van der Waals surface area contributed by atoms with Gasteiger partial charge in [0, 0.05) is 17.6 Å². The van der Waals surface area contributed by atoms with E-state index in [2.05, 4.69) is 4.31 Å². The van der Waals surface area contributed by atoms with Crippen LogP contribution in [-0.2, 0) is 6.42 Å². The Kier molecular flexibility index (Phi) is 5.85. The lowest BCUT2D eigenvalue weighted by atomic mass is 9.89. The number of nitro benzene ring substituents is 1. The highest BCUT2D eigenvalue weighted by Gasteiger charge is 2.32. The van der Waals surface area contributed by atoms with Crippen LogP contribution in [0.1, 0.15) is 22.7 Å². The number of hydrogen-bond donors (Lipinski definition) is 1. The first-order valence-electron chi connectivity index (χ1n) is 9.31. The highest BCUT2D eigenvalue weighted by Crippen LogP contribution is 2.45. The number of para-hydroxylation sites is 1. The van der Waals surface area contributed by atoms with E-state index in [-0.39, 0.29) is 22.4 Å². The van der Waals surface area contributed by atoms with E-state index in [1.807, 2.05) is 30.3 Å². The van der Waals surface area contributed by atoms with Crippen molar-refractivity contribution in [3.8, 4) is 11.5 Å². The van der Waals surface area contributed by atoms with Gasteiger partial charge in [-0.2, -0.15) is 0 Å². The third kappa shape index (κ3) is 3.96. The van der Waals surface area contributed by atoms with Gasteiger partial charge in [0.05, 0.1) is 18.1 Å². The summed E-state index contributed by atoms with van der Waals surface area (Å²) in [5.74, 6) is 0.496. The molecule has 1 unspecified atom stereocenters. The van der Waals surface area contributed by atoms with Crippen LogP contribution >= 0.6 is 23.5 Å². The Labute approximate surface area is 183 Å². The van der Waals surface area contributed by atoms with Crippen molar-refractivity contribution >= 4 is 29.2 Å². The molecule has 6 nitrogen and oxygen atoms in total. The number of phenolic OH excluding ortho intramolecular Hbond substituents is 1. The second kappa shape index (κ2) is 8.55. The van der Waals surface area contributed by atoms with E-state index < -0.39 is 0 Å². The third-order valence-corrected chi connectivity index (χ3v) is 6.51. The van der Waals surface area contributed by atoms with E-state index in [1.54, 1.807) is 24.3 Å². The molecule has 1 N–H and O–H groups in total. The molecule has 1 heterocycles. The van der Waals surface area contributed by atoms with Crippen LogP contribution in [0.4, 0.5) is 5.69 Å². The zero-order valence-corrected chi connectivity index (χ0v) is 17.7. The summed E-state index contributed by atoms with van der Waals surface area (Å²) < 4.78 is 7.46. The van der Waals surface area contributed by atoms with Crippen LogP contribution in [0, 0.1) is 10.1 Å². The van der Waals surface area contributed by atoms with Crippen molar-refractivity contribution in [2.75, 3.05) is 13.7 Å². The average Bonchev–Trinajstić information content (AvgIpc) is 2.74. The van der Waals surface area contributed by atoms with Crippen molar-refractivity contribution in [2.45, 2.75) is 17.4 Å². The van der Waals surface area contributed by atoms with Gasteiger partial charge in [0.2, 0.25) is 0 Å². The van der Waals surface area contributed by atoms with E-state index in [0.29, 0.717) is 28.6 Å². The van der Waals surface area contributed by atoms with E-state index in [0.717, 1.165) is 16.7 Å². The van der Waals surface area contributed by atoms with Crippen molar-refractivity contribution in [3.63, 3.8) is 0 Å². The van der Waals surface area contributed by atoms with E-state index in [9.17, 15) is 15.2 Å². The minimum absolute atomic E-state index is 0.0754. The Hall–Kier alpha value is -2.74. The monoisotopic (exact) mass is 442 g/mol. The summed E-state index contributed by atoms with van der Waals surface area (Å²) in [5, 5.41) is 22.3. The number of rotatable bonds is 5. The number of methoxy groups -OCH3 is 1. The molecule has 3 aromatic rings. The highest BCUT2D eigenvalue weighted by atomic mass is 35.5. The van der Waals surface area contributed by atoms with Gasteiger partial charge in [-0.15, -0.1) is 0 Å². The van der Waals surface area contributed by atoms with Gasteiger partial charge in [0.25, 0.3) is 5.69 Å². The molecule has 3 aromatic carbocycles. The van der Waals surface area contributed by atoms with Gasteiger partial charge in [0.1, 0.15) is 4.90 Å². The van der Waals surface area contributed by atoms with Crippen LogP contribution in [0.15, 0.2) is 65.6 Å². The quantitative estimate of drug-likeness (QED) is 0.314. The van der Waals surface area contributed by atoms with Crippen LogP contribution in [-0.4, -0.2) is 28.0 Å². The van der Waals surface area contributed by atoms with E-state index in [4.69, 9.17) is 16.3 Å². The molecular weight excluding hydrogens is 424 g/mol. The number of ether oxygens (including phenoxy) is 1. The first kappa shape index (κ1) is 20.5. The lowest BCUT2D eigenvalue weighted by molar-refractivity contribution is -0.387. The first-order valence-corrected chi connectivity index (χ1v) is 10.5. The zero-order chi connectivity index (χ0) is 21.3. The van der Waals surface area contributed by atoms with Gasteiger partial charge in [-0.25, -0.2) is 4.31 Å². The van der Waals surface area contributed by atoms with Gasteiger partial charge in [-0.05, 0) is 65.4 Å². The normalized spacial score (nSPS) is 16.1. The lowest BCUT2D eigenvalue weighted by Gasteiger charge is -2.37. The predicted octanol–water partition coefficient (Wildman–Crippen LogP) is 5.62. The number of halogens is 1. The minimum Gasteiger partial charge on any atom is -0.504 e. The highest BCUT2D eigenvalue weighted by molar-refractivity contribution is 7.97. The Morgan fingerprint density at radius 1 is 1.20 bits per heavy atom. The van der Waals surface area contributed by atoms with Gasteiger partial charge in [-0.3, -0.25) is 10.1 Å². The largest absolute Gasteiger partial charge is 0.504 e. The Morgan fingerprint density at radius 2 is 1.93 bits per heavy atom. The average molecular weight is 443 g/mol. The number of phenols is 1. The molecule has 0 amide bonds. The molecule has 0 saturated heterocycles. The van der Waals surface area contributed by atoms with Crippen molar-refractivity contribution in [1.29, 1.82) is 0 Å². The molecule has 30 heavy (non-hydrogen) atoms. The molecule has 1 atom stereocenters. The summed E-state index contributed by atoms with van der Waals surface area (Å²) in [6, 6.07) is 17.7. The molecule has 0 fully saturated rings. The number of fused-ring (bicyclic) bond motifs is 1. The third-order valence-electron chi connectivity index (χ3n) is 5.09. The number of aromatic hydroxyl groups is 1. The summed E-state index contributed by atoms with van der Waals surface area (Å²) in [4.78, 5) is 11.7. The molecule has 1 aliphatic heterocycles. The summed E-state index contributed by atoms with van der Waals surface area (Å²) in [6.07, 6.45) is 0.699. The lowest BCUT2D eigenvalue weighted by Crippen LogP contribution is -2.31. The van der Waals surface area contributed by atoms with E-state index in [1.165, 1.54) is 25.1 Å². The molecule has 0 spiro atoms. The smallest absolute Gasteiger partial charge is 0.284 e.